The second kappa shape index (κ2) is 10.5. The molecule has 1 N–H and O–H groups in total. The van der Waals surface area contributed by atoms with Gasteiger partial charge in [0.2, 0.25) is 5.91 Å². The number of ether oxygens (including phenoxy) is 4. The lowest BCUT2D eigenvalue weighted by molar-refractivity contribution is -0.149. The third kappa shape index (κ3) is 5.23. The molecular weight excluding hydrogens is 478 g/mol. The Morgan fingerprint density at radius 1 is 1.30 bits per heavy atom. The number of pyridine rings is 1. The number of rotatable bonds is 9. The van der Waals surface area contributed by atoms with Crippen molar-refractivity contribution in [3.8, 4) is 11.5 Å². The van der Waals surface area contributed by atoms with Crippen molar-refractivity contribution in [1.29, 1.82) is 0 Å². The van der Waals surface area contributed by atoms with Gasteiger partial charge >= 0.3 is 12.1 Å². The Balaban J connectivity index is 1.56. The molecule has 2 fully saturated rings. The molecule has 10 heteroatoms. The molecule has 0 spiro atoms. The fourth-order valence-corrected chi connectivity index (χ4v) is 4.62. The first-order valence-corrected chi connectivity index (χ1v) is 12.1. The maximum Gasteiger partial charge on any atom is 0.415 e. The molecule has 4 rings (SSSR count). The Bertz CT molecular complexity index is 1250. The largest absolute Gasteiger partial charge is 0.497 e. The predicted molar refractivity (Wildman–Crippen MR) is 135 cm³/mol. The van der Waals surface area contributed by atoms with Gasteiger partial charge in [0.05, 0.1) is 31.5 Å². The minimum atomic E-state index is -1.18. The molecule has 0 radical (unpaired) electrons. The van der Waals surface area contributed by atoms with Crippen LogP contribution < -0.4 is 14.8 Å². The van der Waals surface area contributed by atoms with E-state index in [0.717, 1.165) is 5.39 Å². The highest BCUT2D eigenvalue weighted by molar-refractivity contribution is 5.95. The van der Waals surface area contributed by atoms with Crippen LogP contribution in [0.3, 0.4) is 0 Å². The molecule has 1 saturated carbocycles. The quantitative estimate of drug-likeness (QED) is 0.311. The molecule has 1 saturated heterocycles. The monoisotopic (exact) mass is 509 g/mol. The van der Waals surface area contributed by atoms with Gasteiger partial charge in [0.1, 0.15) is 29.2 Å². The number of nitrogens with one attached hydrogen (secondary N) is 1. The fourth-order valence-electron chi connectivity index (χ4n) is 4.62. The van der Waals surface area contributed by atoms with E-state index in [1.807, 2.05) is 6.07 Å². The minimum Gasteiger partial charge on any atom is -0.497 e. The van der Waals surface area contributed by atoms with Gasteiger partial charge in [-0.15, -0.1) is 6.58 Å². The summed E-state index contributed by atoms with van der Waals surface area (Å²) in [4.78, 5) is 44.6. The van der Waals surface area contributed by atoms with Crippen molar-refractivity contribution >= 4 is 28.9 Å². The Labute approximate surface area is 215 Å². The average Bonchev–Trinajstić information content (AvgIpc) is 3.42. The fraction of sp³-hybridized carbons (Fsp3) is 0.407. The molecule has 1 aromatic carbocycles. The molecule has 2 amide bonds. The summed E-state index contributed by atoms with van der Waals surface area (Å²) in [5.74, 6) is 0.153. The zero-order valence-corrected chi connectivity index (χ0v) is 21.2. The molecule has 0 unspecified atom stereocenters. The van der Waals surface area contributed by atoms with Gasteiger partial charge in [-0.05, 0) is 38.5 Å². The highest BCUT2D eigenvalue weighted by Gasteiger charge is 2.62. The highest BCUT2D eigenvalue weighted by Crippen LogP contribution is 2.45. The Morgan fingerprint density at radius 3 is 2.73 bits per heavy atom. The molecule has 1 aliphatic carbocycles. The lowest BCUT2D eigenvalue weighted by atomic mass is 10.1. The number of allylic oxidation sites excluding steroid dienone is 1. The van der Waals surface area contributed by atoms with Crippen LogP contribution in [-0.2, 0) is 19.1 Å². The van der Waals surface area contributed by atoms with Gasteiger partial charge in [0.25, 0.3) is 0 Å². The van der Waals surface area contributed by atoms with Crippen molar-refractivity contribution in [1.82, 2.24) is 15.2 Å². The van der Waals surface area contributed by atoms with E-state index in [0.29, 0.717) is 23.4 Å². The van der Waals surface area contributed by atoms with Gasteiger partial charge < -0.3 is 24.3 Å². The summed E-state index contributed by atoms with van der Waals surface area (Å²) in [5, 5.41) is 3.59. The van der Waals surface area contributed by atoms with Crippen LogP contribution in [0.2, 0.25) is 0 Å². The summed E-state index contributed by atoms with van der Waals surface area (Å²) >= 11 is 0. The van der Waals surface area contributed by atoms with Crippen LogP contribution in [0.4, 0.5) is 4.79 Å². The number of carbonyl (C=O) groups excluding carboxylic acids is 3. The van der Waals surface area contributed by atoms with Crippen molar-refractivity contribution in [2.45, 2.75) is 44.4 Å². The Hall–Kier alpha value is -4.08. The van der Waals surface area contributed by atoms with Gasteiger partial charge in [-0.25, -0.2) is 9.59 Å². The third-order valence-corrected chi connectivity index (χ3v) is 6.55. The predicted octanol–water partition coefficient (Wildman–Crippen LogP) is 3.36. The van der Waals surface area contributed by atoms with Crippen LogP contribution >= 0.6 is 0 Å². The molecule has 10 nitrogen and oxygen atoms in total. The number of nitrogens with zero attached hydrogens (tertiary/aromatic N) is 2. The van der Waals surface area contributed by atoms with Crippen molar-refractivity contribution in [2.24, 2.45) is 5.92 Å². The summed E-state index contributed by atoms with van der Waals surface area (Å²) < 4.78 is 21.9. The van der Waals surface area contributed by atoms with Gasteiger partial charge in [-0.2, -0.15) is 0 Å². The topological polar surface area (TPSA) is 116 Å². The number of aromatic nitrogens is 1. The van der Waals surface area contributed by atoms with Crippen LogP contribution in [0.5, 0.6) is 11.5 Å². The van der Waals surface area contributed by atoms with E-state index in [1.165, 1.54) is 4.90 Å². The zero-order valence-electron chi connectivity index (χ0n) is 21.2. The van der Waals surface area contributed by atoms with Crippen molar-refractivity contribution in [3.05, 3.63) is 55.5 Å². The molecule has 196 valence electrons. The summed E-state index contributed by atoms with van der Waals surface area (Å²) in [6, 6.07) is 6.24. The first-order valence-electron chi connectivity index (χ1n) is 12.1. The number of methoxy groups -OCH3 is 1. The number of fused-ring (bicyclic) bond motifs is 1. The molecule has 1 aliphatic heterocycles. The van der Waals surface area contributed by atoms with Crippen LogP contribution in [0.1, 0.15) is 26.7 Å². The van der Waals surface area contributed by atoms with Crippen molar-refractivity contribution in [2.75, 3.05) is 20.3 Å². The van der Waals surface area contributed by atoms with E-state index >= 15 is 0 Å². The van der Waals surface area contributed by atoms with E-state index in [-0.39, 0.29) is 31.2 Å². The number of carbonyl (C=O) groups is 3. The van der Waals surface area contributed by atoms with E-state index in [9.17, 15) is 14.4 Å². The van der Waals surface area contributed by atoms with E-state index in [2.05, 4.69) is 23.5 Å². The van der Waals surface area contributed by atoms with Crippen LogP contribution in [0, 0.1) is 5.92 Å². The second-order valence-corrected chi connectivity index (χ2v) is 9.13. The van der Waals surface area contributed by atoms with Gasteiger partial charge in [0.15, 0.2) is 0 Å². The number of hydrogen-bond donors (Lipinski definition) is 1. The van der Waals surface area contributed by atoms with Crippen LogP contribution in [-0.4, -0.2) is 65.8 Å². The number of amides is 2. The second-order valence-electron chi connectivity index (χ2n) is 9.13. The number of likely N-dealkylation sites (tertiary alicyclic amines) is 1. The molecule has 2 aliphatic rings. The number of benzene rings is 1. The molecule has 0 bridgehead atoms. The smallest absolute Gasteiger partial charge is 0.415 e. The lowest BCUT2D eigenvalue weighted by Crippen LogP contribution is -2.53. The molecule has 37 heavy (non-hydrogen) atoms. The zero-order chi connectivity index (χ0) is 26.7. The molecule has 1 aromatic heterocycles. The molecule has 2 heterocycles. The number of hydrogen-bond acceptors (Lipinski definition) is 8. The highest BCUT2D eigenvalue weighted by atomic mass is 16.6. The van der Waals surface area contributed by atoms with E-state index in [1.54, 1.807) is 51.4 Å². The molecule has 2 aromatic rings. The Morgan fingerprint density at radius 2 is 2.08 bits per heavy atom. The molecule has 4 atom stereocenters. The van der Waals surface area contributed by atoms with E-state index < -0.39 is 35.7 Å². The number of esters is 1. The maximum atomic E-state index is 13.4. The molecular formula is C27H31N3O7. The summed E-state index contributed by atoms with van der Waals surface area (Å²) in [6.07, 6.45) is 2.58. The average molecular weight is 510 g/mol. The van der Waals surface area contributed by atoms with E-state index in [4.69, 9.17) is 18.9 Å². The third-order valence-electron chi connectivity index (χ3n) is 6.55. The van der Waals surface area contributed by atoms with Gasteiger partial charge in [0, 0.05) is 30.0 Å². The maximum absolute atomic E-state index is 13.4. The Kier molecular flexibility index (Phi) is 7.37. The van der Waals surface area contributed by atoms with Gasteiger partial charge in [-0.3, -0.25) is 14.7 Å². The van der Waals surface area contributed by atoms with Crippen LogP contribution in [0.15, 0.2) is 55.5 Å². The summed E-state index contributed by atoms with van der Waals surface area (Å²) in [5.41, 5.74) is -0.499. The first kappa shape index (κ1) is 26.0. The van der Waals surface area contributed by atoms with Gasteiger partial charge in [-0.1, -0.05) is 12.7 Å². The van der Waals surface area contributed by atoms with Crippen LogP contribution in [0.25, 0.3) is 10.9 Å². The normalized spacial score (nSPS) is 24.2. The summed E-state index contributed by atoms with van der Waals surface area (Å²) in [7, 11) is 1.58. The van der Waals surface area contributed by atoms with Crippen molar-refractivity contribution in [3.63, 3.8) is 0 Å². The summed E-state index contributed by atoms with van der Waals surface area (Å²) in [6.45, 7) is 10.9. The minimum absolute atomic E-state index is 0.0987. The standard InChI is InChI=1S/C27H31N3O7/c1-6-17-14-27(17,25(32)35-7-2)29-24(31)22-13-19(15-30(22)26(33)36-16(3)4)37-23-10-11-28-21-12-18(34-5)8-9-20(21)23/h6,8-12,17,19,22H,1,3,7,13-15H2,2,4-5H3,(H,29,31)/t17-,19-,22+,27-/m1/s1. The first-order chi connectivity index (χ1) is 17.7. The lowest BCUT2D eigenvalue weighted by Gasteiger charge is -2.25. The SMILES string of the molecule is C=C[C@@H]1C[C@]1(NC(=O)[C@@H]1C[C@@H](Oc2ccnc3cc(OC)ccc23)CN1C(=O)OC(=C)C)C(=O)OCC. The van der Waals surface area contributed by atoms with Crippen molar-refractivity contribution < 1.29 is 33.3 Å².